The van der Waals surface area contributed by atoms with E-state index in [9.17, 15) is 14.7 Å². The number of pyridine rings is 1. The Morgan fingerprint density at radius 2 is 2.00 bits per heavy atom. The van der Waals surface area contributed by atoms with Gasteiger partial charge in [-0.15, -0.1) is 10.2 Å². The van der Waals surface area contributed by atoms with Crippen LogP contribution in [-0.2, 0) is 24.2 Å². The lowest BCUT2D eigenvalue weighted by molar-refractivity contribution is -0.143. The van der Waals surface area contributed by atoms with Gasteiger partial charge in [0.2, 0.25) is 5.91 Å². The normalized spacial score (nSPS) is 16.8. The van der Waals surface area contributed by atoms with Gasteiger partial charge in [0.25, 0.3) is 5.91 Å². The first-order chi connectivity index (χ1) is 17.7. The number of rotatable bonds is 6. The Balaban J connectivity index is 1.39. The Labute approximate surface area is 215 Å². The molecule has 0 radical (unpaired) electrons. The number of nitrogens with zero attached hydrogens (tertiary/aromatic N) is 5. The number of aliphatic hydroxyl groups is 1. The second-order valence-corrected chi connectivity index (χ2v) is 10.4. The highest BCUT2D eigenvalue weighted by atomic mass is 16.5. The van der Waals surface area contributed by atoms with Gasteiger partial charge in [-0.25, -0.2) is 4.98 Å². The predicted octanol–water partition coefficient (Wildman–Crippen LogP) is 3.01. The number of carbonyl (C=O) groups is 2. The van der Waals surface area contributed by atoms with Crippen LogP contribution in [0.2, 0.25) is 0 Å². The van der Waals surface area contributed by atoms with Gasteiger partial charge in [-0.2, -0.15) is 0 Å². The highest BCUT2D eigenvalue weighted by Gasteiger charge is 2.33. The molecule has 0 saturated heterocycles. The number of fused-ring (bicyclic) bond motifs is 2. The van der Waals surface area contributed by atoms with E-state index in [1.807, 2.05) is 18.2 Å². The van der Waals surface area contributed by atoms with Gasteiger partial charge < -0.3 is 24.6 Å². The molecule has 0 bridgehead atoms. The van der Waals surface area contributed by atoms with Crippen LogP contribution >= 0.6 is 0 Å². The quantitative estimate of drug-likeness (QED) is 0.529. The predicted molar refractivity (Wildman–Crippen MR) is 137 cm³/mol. The number of nitrogens with one attached hydrogen (secondary N) is 1. The third kappa shape index (κ3) is 4.57. The number of methoxy groups -OCH3 is 1. The standard InChI is InChI=1S/C27H32N6O4/c1-16-8-9-23-30-31-24(33(16)23)20-6-5-7-22(28-20)29-25(35)19-12-18-14-32(26(36)27(2,3)15-34)11-10-17(18)13-21(19)37-4/h5-7,12-13,16,34H,8-11,14-15H2,1-4H3,(H,28,29,35)/t16-/m1/s1. The summed E-state index contributed by atoms with van der Waals surface area (Å²) < 4.78 is 7.65. The number of benzene rings is 1. The van der Waals surface area contributed by atoms with Crippen molar-refractivity contribution in [2.45, 2.75) is 52.6 Å². The minimum absolute atomic E-state index is 0.113. The number of hydrogen-bond donors (Lipinski definition) is 2. The number of aryl methyl sites for hydroxylation is 1. The van der Waals surface area contributed by atoms with Crippen molar-refractivity contribution < 1.29 is 19.4 Å². The summed E-state index contributed by atoms with van der Waals surface area (Å²) in [6, 6.07) is 9.37. The molecule has 0 fully saturated rings. The molecule has 2 N–H and O–H groups in total. The molecule has 4 heterocycles. The molecule has 0 unspecified atom stereocenters. The Kier molecular flexibility index (Phi) is 6.45. The molecule has 1 aromatic carbocycles. The van der Waals surface area contributed by atoms with E-state index in [1.165, 1.54) is 7.11 Å². The molecule has 2 aliphatic rings. The first-order valence-corrected chi connectivity index (χ1v) is 12.5. The molecule has 0 saturated carbocycles. The molecule has 10 heteroatoms. The topological polar surface area (TPSA) is 122 Å². The average molecular weight is 505 g/mol. The Bertz CT molecular complexity index is 1360. The summed E-state index contributed by atoms with van der Waals surface area (Å²) in [5, 5.41) is 21.1. The Morgan fingerprint density at radius 1 is 1.19 bits per heavy atom. The van der Waals surface area contributed by atoms with E-state index < -0.39 is 5.41 Å². The van der Waals surface area contributed by atoms with E-state index in [1.54, 1.807) is 30.9 Å². The molecule has 3 aromatic rings. The van der Waals surface area contributed by atoms with Crippen LogP contribution in [0.5, 0.6) is 5.75 Å². The van der Waals surface area contributed by atoms with Crippen molar-refractivity contribution in [2.24, 2.45) is 5.41 Å². The smallest absolute Gasteiger partial charge is 0.260 e. The van der Waals surface area contributed by atoms with E-state index in [0.29, 0.717) is 54.2 Å². The molecule has 194 valence electrons. The van der Waals surface area contributed by atoms with Crippen molar-refractivity contribution in [3.8, 4) is 17.3 Å². The van der Waals surface area contributed by atoms with Crippen LogP contribution in [0.4, 0.5) is 5.82 Å². The van der Waals surface area contributed by atoms with Crippen molar-refractivity contribution in [1.29, 1.82) is 0 Å². The van der Waals surface area contributed by atoms with E-state index in [4.69, 9.17) is 4.74 Å². The van der Waals surface area contributed by atoms with Crippen LogP contribution in [0.25, 0.3) is 11.5 Å². The van der Waals surface area contributed by atoms with Crippen molar-refractivity contribution in [3.05, 3.63) is 52.8 Å². The maximum absolute atomic E-state index is 13.4. The zero-order chi connectivity index (χ0) is 26.3. The van der Waals surface area contributed by atoms with E-state index in [0.717, 1.165) is 29.8 Å². The number of amides is 2. The molecule has 1 atom stereocenters. The lowest BCUT2D eigenvalue weighted by atomic mass is 9.90. The van der Waals surface area contributed by atoms with Crippen LogP contribution in [0.3, 0.4) is 0 Å². The van der Waals surface area contributed by atoms with E-state index >= 15 is 0 Å². The minimum Gasteiger partial charge on any atom is -0.496 e. The number of aromatic nitrogens is 4. The maximum atomic E-state index is 13.4. The van der Waals surface area contributed by atoms with Gasteiger partial charge in [-0.05, 0) is 69.0 Å². The zero-order valence-corrected chi connectivity index (χ0v) is 21.6. The largest absolute Gasteiger partial charge is 0.496 e. The summed E-state index contributed by atoms with van der Waals surface area (Å²) in [4.78, 5) is 32.6. The molecular formula is C27H32N6O4. The maximum Gasteiger partial charge on any atom is 0.260 e. The van der Waals surface area contributed by atoms with Crippen LogP contribution in [0, 0.1) is 5.41 Å². The number of aliphatic hydroxyl groups excluding tert-OH is 1. The van der Waals surface area contributed by atoms with Gasteiger partial charge in [0.05, 0.1) is 24.7 Å². The molecule has 0 aliphatic carbocycles. The van der Waals surface area contributed by atoms with E-state index in [-0.39, 0.29) is 18.4 Å². The zero-order valence-electron chi connectivity index (χ0n) is 21.6. The van der Waals surface area contributed by atoms with Crippen molar-refractivity contribution in [3.63, 3.8) is 0 Å². The summed E-state index contributed by atoms with van der Waals surface area (Å²) in [5.41, 5.74) is 2.07. The Hall–Kier alpha value is -3.79. The highest BCUT2D eigenvalue weighted by molar-refractivity contribution is 6.06. The molecule has 2 aliphatic heterocycles. The fourth-order valence-corrected chi connectivity index (χ4v) is 5.01. The van der Waals surface area contributed by atoms with Gasteiger partial charge in [0, 0.05) is 25.6 Å². The summed E-state index contributed by atoms with van der Waals surface area (Å²) in [6.45, 7) is 6.28. The van der Waals surface area contributed by atoms with Gasteiger partial charge in [0.1, 0.15) is 23.1 Å². The summed E-state index contributed by atoms with van der Waals surface area (Å²) >= 11 is 0. The number of hydrogen-bond acceptors (Lipinski definition) is 7. The van der Waals surface area contributed by atoms with Gasteiger partial charge in [0.15, 0.2) is 5.82 Å². The highest BCUT2D eigenvalue weighted by Crippen LogP contribution is 2.32. The lowest BCUT2D eigenvalue weighted by Crippen LogP contribution is -2.45. The average Bonchev–Trinajstić information content (AvgIpc) is 3.50. The van der Waals surface area contributed by atoms with Crippen LogP contribution < -0.4 is 10.1 Å². The first-order valence-electron chi connectivity index (χ1n) is 12.5. The molecule has 5 rings (SSSR count). The second-order valence-electron chi connectivity index (χ2n) is 10.4. The molecular weight excluding hydrogens is 472 g/mol. The lowest BCUT2D eigenvalue weighted by Gasteiger charge is -2.34. The third-order valence-corrected chi connectivity index (χ3v) is 7.25. The van der Waals surface area contributed by atoms with Crippen LogP contribution in [0.1, 0.15) is 60.5 Å². The number of anilines is 1. The van der Waals surface area contributed by atoms with Crippen molar-refractivity contribution in [1.82, 2.24) is 24.6 Å². The molecule has 0 spiro atoms. The summed E-state index contributed by atoms with van der Waals surface area (Å²) in [6.07, 6.45) is 2.56. The molecule has 37 heavy (non-hydrogen) atoms. The van der Waals surface area contributed by atoms with Crippen LogP contribution in [-0.4, -0.2) is 61.8 Å². The SMILES string of the molecule is COc1cc2c(cc1C(=O)Nc1cccc(-c3nnc4n3[C@H](C)CC4)n1)CN(C(=O)C(C)(C)CO)CC2. The second kappa shape index (κ2) is 9.59. The van der Waals surface area contributed by atoms with E-state index in [2.05, 4.69) is 32.0 Å². The Morgan fingerprint density at radius 3 is 2.76 bits per heavy atom. The first kappa shape index (κ1) is 24.9. The molecule has 2 aromatic heterocycles. The minimum atomic E-state index is -0.858. The van der Waals surface area contributed by atoms with Gasteiger partial charge in [-0.3, -0.25) is 9.59 Å². The molecule has 2 amide bonds. The fraction of sp³-hybridized carbons (Fsp3) is 0.444. The van der Waals surface area contributed by atoms with Crippen LogP contribution in [0.15, 0.2) is 30.3 Å². The molecule has 10 nitrogen and oxygen atoms in total. The third-order valence-electron chi connectivity index (χ3n) is 7.25. The fourth-order valence-electron chi connectivity index (χ4n) is 5.01. The van der Waals surface area contributed by atoms with Crippen molar-refractivity contribution >= 4 is 17.6 Å². The van der Waals surface area contributed by atoms with Gasteiger partial charge in [-0.1, -0.05) is 6.07 Å². The number of ether oxygens (including phenoxy) is 1. The van der Waals surface area contributed by atoms with Crippen molar-refractivity contribution in [2.75, 3.05) is 25.6 Å². The number of carbonyl (C=O) groups excluding carboxylic acids is 2. The summed E-state index contributed by atoms with van der Waals surface area (Å²) in [5.74, 6) is 2.03. The van der Waals surface area contributed by atoms with Gasteiger partial charge >= 0.3 is 0 Å². The monoisotopic (exact) mass is 504 g/mol. The summed E-state index contributed by atoms with van der Waals surface area (Å²) in [7, 11) is 1.53.